The lowest BCUT2D eigenvalue weighted by molar-refractivity contribution is 0.342. The van der Waals surface area contributed by atoms with E-state index < -0.39 is 0 Å². The van der Waals surface area contributed by atoms with Gasteiger partial charge in [-0.05, 0) is 24.8 Å². The number of rotatable bonds is 2. The summed E-state index contributed by atoms with van der Waals surface area (Å²) in [6.45, 7) is 5.30. The zero-order valence-corrected chi connectivity index (χ0v) is 9.33. The minimum Gasteiger partial charge on any atom is -0.348 e. The predicted molar refractivity (Wildman–Crippen MR) is 60.7 cm³/mol. The molecule has 14 heavy (non-hydrogen) atoms. The molecule has 0 saturated carbocycles. The Balaban J connectivity index is 2.05. The van der Waals surface area contributed by atoms with E-state index in [0.717, 1.165) is 30.7 Å². The fourth-order valence-electron chi connectivity index (χ4n) is 2.18. The molecule has 1 aliphatic heterocycles. The van der Waals surface area contributed by atoms with Crippen LogP contribution < -0.4 is 10.6 Å². The van der Waals surface area contributed by atoms with Gasteiger partial charge in [-0.2, -0.15) is 0 Å². The molecular weight excluding hydrogens is 194 g/mol. The summed E-state index contributed by atoms with van der Waals surface area (Å²) >= 11 is 1.72. The molecule has 0 amide bonds. The highest BCUT2D eigenvalue weighted by Gasteiger charge is 2.24. The first-order valence-electron chi connectivity index (χ1n) is 5.14. The van der Waals surface area contributed by atoms with E-state index in [4.69, 9.17) is 5.73 Å². The van der Waals surface area contributed by atoms with Gasteiger partial charge in [0.1, 0.15) is 0 Å². The Morgan fingerprint density at radius 3 is 3.14 bits per heavy atom. The highest BCUT2D eigenvalue weighted by Crippen LogP contribution is 2.27. The summed E-state index contributed by atoms with van der Waals surface area (Å²) in [7, 11) is 0. The highest BCUT2D eigenvalue weighted by atomic mass is 32.1. The first kappa shape index (κ1) is 9.93. The summed E-state index contributed by atoms with van der Waals surface area (Å²) in [5.41, 5.74) is 5.74. The molecule has 2 unspecified atom stereocenters. The van der Waals surface area contributed by atoms with Gasteiger partial charge in [0, 0.05) is 24.7 Å². The minimum atomic E-state index is 0.641. The van der Waals surface area contributed by atoms with Crippen LogP contribution in [0.3, 0.4) is 0 Å². The average Bonchev–Trinajstić information content (AvgIpc) is 2.69. The lowest BCUT2D eigenvalue weighted by Gasteiger charge is -2.35. The van der Waals surface area contributed by atoms with Gasteiger partial charge in [-0.15, -0.1) is 11.3 Å². The van der Waals surface area contributed by atoms with Crippen molar-refractivity contribution in [3.63, 3.8) is 0 Å². The molecule has 1 aliphatic rings. The van der Waals surface area contributed by atoms with Crippen molar-refractivity contribution in [2.24, 2.45) is 17.6 Å². The van der Waals surface area contributed by atoms with Crippen molar-refractivity contribution in [3.05, 3.63) is 11.6 Å². The number of hydrogen-bond donors (Lipinski definition) is 1. The standard InChI is InChI=1S/C10H17N3S/c1-8-4-9(5-11)7-13(6-8)10-12-2-3-14-10/h2-3,8-9H,4-7,11H2,1H3. The molecule has 2 heterocycles. The Labute approximate surface area is 88.9 Å². The van der Waals surface area contributed by atoms with Gasteiger partial charge >= 0.3 is 0 Å². The summed E-state index contributed by atoms with van der Waals surface area (Å²) < 4.78 is 0. The molecule has 1 aromatic rings. The van der Waals surface area contributed by atoms with Crippen LogP contribution in [0.25, 0.3) is 0 Å². The largest absolute Gasteiger partial charge is 0.348 e. The van der Waals surface area contributed by atoms with E-state index in [2.05, 4.69) is 16.8 Å². The van der Waals surface area contributed by atoms with Crippen LogP contribution >= 0.6 is 11.3 Å². The fraction of sp³-hybridized carbons (Fsp3) is 0.700. The number of hydrogen-bond acceptors (Lipinski definition) is 4. The van der Waals surface area contributed by atoms with Crippen molar-refractivity contribution in [1.29, 1.82) is 0 Å². The topological polar surface area (TPSA) is 42.1 Å². The van der Waals surface area contributed by atoms with Crippen LogP contribution in [0.2, 0.25) is 0 Å². The number of aromatic nitrogens is 1. The molecule has 1 saturated heterocycles. The van der Waals surface area contributed by atoms with Gasteiger partial charge in [-0.3, -0.25) is 0 Å². The Hall–Kier alpha value is -0.610. The first-order chi connectivity index (χ1) is 6.79. The van der Waals surface area contributed by atoms with Gasteiger partial charge in [0.2, 0.25) is 0 Å². The Bertz CT molecular complexity index is 273. The van der Waals surface area contributed by atoms with E-state index in [-0.39, 0.29) is 0 Å². The zero-order chi connectivity index (χ0) is 9.97. The van der Waals surface area contributed by atoms with Crippen molar-refractivity contribution in [2.75, 3.05) is 24.5 Å². The quantitative estimate of drug-likeness (QED) is 0.807. The second-order valence-corrected chi connectivity index (χ2v) is 5.04. The summed E-state index contributed by atoms with van der Waals surface area (Å²) in [6.07, 6.45) is 3.13. The maximum atomic E-state index is 5.74. The van der Waals surface area contributed by atoms with Gasteiger partial charge in [0.05, 0.1) is 0 Å². The number of thiazole rings is 1. The molecule has 3 nitrogen and oxygen atoms in total. The molecule has 1 fully saturated rings. The monoisotopic (exact) mass is 211 g/mol. The van der Waals surface area contributed by atoms with Crippen molar-refractivity contribution >= 4 is 16.5 Å². The second kappa shape index (κ2) is 4.28. The second-order valence-electron chi connectivity index (χ2n) is 4.16. The molecule has 2 rings (SSSR count). The lowest BCUT2D eigenvalue weighted by atomic mass is 9.91. The van der Waals surface area contributed by atoms with Crippen molar-refractivity contribution in [3.8, 4) is 0 Å². The van der Waals surface area contributed by atoms with Crippen molar-refractivity contribution < 1.29 is 0 Å². The normalized spacial score (nSPS) is 28.0. The van der Waals surface area contributed by atoms with Crippen molar-refractivity contribution in [2.45, 2.75) is 13.3 Å². The Morgan fingerprint density at radius 1 is 1.64 bits per heavy atom. The van der Waals surface area contributed by atoms with Gasteiger partial charge in [0.25, 0.3) is 0 Å². The van der Waals surface area contributed by atoms with Crippen LogP contribution in [0.5, 0.6) is 0 Å². The van der Waals surface area contributed by atoms with Gasteiger partial charge in [0.15, 0.2) is 5.13 Å². The van der Waals surface area contributed by atoms with Crippen LogP contribution in [0, 0.1) is 11.8 Å². The van der Waals surface area contributed by atoms with E-state index >= 15 is 0 Å². The van der Waals surface area contributed by atoms with E-state index in [1.807, 2.05) is 11.6 Å². The predicted octanol–water partition coefficient (Wildman–Crippen LogP) is 1.56. The first-order valence-corrected chi connectivity index (χ1v) is 6.02. The van der Waals surface area contributed by atoms with E-state index in [1.54, 1.807) is 11.3 Å². The maximum absolute atomic E-state index is 5.74. The summed E-state index contributed by atoms with van der Waals surface area (Å²) in [5.74, 6) is 1.38. The number of nitrogens with two attached hydrogens (primary N) is 1. The minimum absolute atomic E-state index is 0.641. The third-order valence-electron chi connectivity index (χ3n) is 2.77. The molecule has 4 heteroatoms. The van der Waals surface area contributed by atoms with Crippen molar-refractivity contribution in [1.82, 2.24) is 4.98 Å². The lowest BCUT2D eigenvalue weighted by Crippen LogP contribution is -2.42. The number of nitrogens with zero attached hydrogens (tertiary/aromatic N) is 2. The average molecular weight is 211 g/mol. The van der Waals surface area contributed by atoms with Gasteiger partial charge < -0.3 is 10.6 Å². The Morgan fingerprint density at radius 2 is 2.50 bits per heavy atom. The number of anilines is 1. The van der Waals surface area contributed by atoms with Crippen LogP contribution in [-0.2, 0) is 0 Å². The zero-order valence-electron chi connectivity index (χ0n) is 8.52. The summed E-state index contributed by atoms with van der Waals surface area (Å²) in [6, 6.07) is 0. The molecule has 2 atom stereocenters. The van der Waals surface area contributed by atoms with Gasteiger partial charge in [-0.1, -0.05) is 6.92 Å². The van der Waals surface area contributed by atoms with Crippen LogP contribution in [0.4, 0.5) is 5.13 Å². The third kappa shape index (κ3) is 2.07. The maximum Gasteiger partial charge on any atom is 0.185 e. The molecular formula is C10H17N3S. The molecule has 0 aromatic carbocycles. The SMILES string of the molecule is CC1CC(CN)CN(c2nccs2)C1. The highest BCUT2D eigenvalue weighted by molar-refractivity contribution is 7.13. The molecule has 2 N–H and O–H groups in total. The van der Waals surface area contributed by atoms with E-state index in [0.29, 0.717) is 5.92 Å². The molecule has 78 valence electrons. The van der Waals surface area contributed by atoms with Crippen LogP contribution in [0.15, 0.2) is 11.6 Å². The fourth-order valence-corrected chi connectivity index (χ4v) is 2.84. The molecule has 0 bridgehead atoms. The smallest absolute Gasteiger partial charge is 0.185 e. The number of piperidine rings is 1. The van der Waals surface area contributed by atoms with Crippen LogP contribution in [-0.4, -0.2) is 24.6 Å². The molecule has 1 aromatic heterocycles. The molecule has 0 aliphatic carbocycles. The summed E-state index contributed by atoms with van der Waals surface area (Å²) in [4.78, 5) is 6.72. The van der Waals surface area contributed by atoms with Crippen LogP contribution in [0.1, 0.15) is 13.3 Å². The van der Waals surface area contributed by atoms with E-state index in [9.17, 15) is 0 Å². The molecule has 0 radical (unpaired) electrons. The molecule has 0 spiro atoms. The van der Waals surface area contributed by atoms with E-state index in [1.165, 1.54) is 6.42 Å². The Kier molecular flexibility index (Phi) is 3.03. The van der Waals surface area contributed by atoms with Gasteiger partial charge in [-0.25, -0.2) is 4.98 Å². The summed E-state index contributed by atoms with van der Waals surface area (Å²) in [5, 5.41) is 3.18. The third-order valence-corrected chi connectivity index (χ3v) is 3.60.